The molecule has 1 unspecified atom stereocenters. The molecule has 0 aliphatic rings. The highest BCUT2D eigenvalue weighted by Crippen LogP contribution is 2.21. The SMILES string of the molecule is CCCNC(=O)C(C)n1cc(C)nc1SCC(=O)O. The molecule has 0 aromatic carbocycles. The van der Waals surface area contributed by atoms with Crippen molar-refractivity contribution in [2.24, 2.45) is 0 Å². The summed E-state index contributed by atoms with van der Waals surface area (Å²) in [6.45, 7) is 6.21. The summed E-state index contributed by atoms with van der Waals surface area (Å²) < 4.78 is 1.72. The fourth-order valence-electron chi connectivity index (χ4n) is 1.53. The molecule has 1 atom stereocenters. The van der Waals surface area contributed by atoms with E-state index in [1.54, 1.807) is 17.7 Å². The van der Waals surface area contributed by atoms with Gasteiger partial charge in [-0.1, -0.05) is 18.7 Å². The maximum Gasteiger partial charge on any atom is 0.313 e. The molecule has 0 aliphatic carbocycles. The summed E-state index contributed by atoms with van der Waals surface area (Å²) in [6.07, 6.45) is 2.64. The molecule has 0 radical (unpaired) electrons. The molecule has 19 heavy (non-hydrogen) atoms. The number of amides is 1. The lowest BCUT2D eigenvalue weighted by Crippen LogP contribution is -2.31. The second-order valence-corrected chi connectivity index (χ2v) is 5.16. The maximum absolute atomic E-state index is 11.9. The van der Waals surface area contributed by atoms with Crippen molar-refractivity contribution in [3.05, 3.63) is 11.9 Å². The van der Waals surface area contributed by atoms with Crippen LogP contribution in [0.1, 0.15) is 32.0 Å². The molecule has 0 spiro atoms. The maximum atomic E-state index is 11.9. The first-order chi connectivity index (χ1) is 8.95. The van der Waals surface area contributed by atoms with Gasteiger partial charge in [0.1, 0.15) is 6.04 Å². The second-order valence-electron chi connectivity index (χ2n) is 4.22. The molecule has 1 amide bonds. The van der Waals surface area contributed by atoms with Crippen LogP contribution in [-0.2, 0) is 9.59 Å². The first kappa shape index (κ1) is 15.6. The highest BCUT2D eigenvalue weighted by atomic mass is 32.2. The molecule has 6 nitrogen and oxygen atoms in total. The summed E-state index contributed by atoms with van der Waals surface area (Å²) >= 11 is 1.12. The summed E-state index contributed by atoms with van der Waals surface area (Å²) in [4.78, 5) is 26.8. The molecule has 1 aromatic heterocycles. The first-order valence-corrected chi connectivity index (χ1v) is 7.12. The lowest BCUT2D eigenvalue weighted by atomic mass is 10.3. The largest absolute Gasteiger partial charge is 0.481 e. The summed E-state index contributed by atoms with van der Waals surface area (Å²) in [6, 6.07) is -0.399. The molecule has 106 valence electrons. The van der Waals surface area contributed by atoms with Gasteiger partial charge in [-0.05, 0) is 20.3 Å². The number of carboxylic acids is 1. The van der Waals surface area contributed by atoms with Crippen LogP contribution in [0.15, 0.2) is 11.4 Å². The molecular formula is C12H19N3O3S. The zero-order valence-corrected chi connectivity index (χ0v) is 12.2. The number of rotatable bonds is 7. The van der Waals surface area contributed by atoms with Gasteiger partial charge in [-0.2, -0.15) is 0 Å². The Morgan fingerprint density at radius 1 is 1.58 bits per heavy atom. The van der Waals surface area contributed by atoms with E-state index in [9.17, 15) is 9.59 Å². The minimum Gasteiger partial charge on any atom is -0.481 e. The summed E-state index contributed by atoms with van der Waals surface area (Å²) in [5, 5.41) is 12.1. The van der Waals surface area contributed by atoms with E-state index in [1.165, 1.54) is 0 Å². The fourth-order valence-corrected chi connectivity index (χ4v) is 2.35. The van der Waals surface area contributed by atoms with Gasteiger partial charge in [-0.15, -0.1) is 0 Å². The third-order valence-electron chi connectivity index (χ3n) is 2.49. The minimum absolute atomic E-state index is 0.0697. The number of carbonyl (C=O) groups is 2. The van der Waals surface area contributed by atoms with Crippen molar-refractivity contribution >= 4 is 23.6 Å². The van der Waals surface area contributed by atoms with Crippen LogP contribution in [0.25, 0.3) is 0 Å². The highest BCUT2D eigenvalue weighted by molar-refractivity contribution is 7.99. The Morgan fingerprint density at radius 3 is 2.84 bits per heavy atom. The van der Waals surface area contributed by atoms with Crippen molar-refractivity contribution in [3.63, 3.8) is 0 Å². The predicted octanol–water partition coefficient (Wildman–Crippen LogP) is 1.46. The van der Waals surface area contributed by atoms with Crippen LogP contribution in [0.2, 0.25) is 0 Å². The summed E-state index contributed by atoms with van der Waals surface area (Å²) in [7, 11) is 0. The average Bonchev–Trinajstić information content (AvgIpc) is 2.73. The van der Waals surface area contributed by atoms with Crippen LogP contribution in [0.4, 0.5) is 0 Å². The van der Waals surface area contributed by atoms with Crippen LogP contribution in [0, 0.1) is 6.92 Å². The molecule has 0 bridgehead atoms. The van der Waals surface area contributed by atoms with Gasteiger partial charge in [-0.25, -0.2) is 4.98 Å². The van der Waals surface area contributed by atoms with Gasteiger partial charge in [-0.3, -0.25) is 9.59 Å². The van der Waals surface area contributed by atoms with Crippen molar-refractivity contribution in [3.8, 4) is 0 Å². The Balaban J connectivity index is 2.80. The minimum atomic E-state index is -0.903. The van der Waals surface area contributed by atoms with E-state index < -0.39 is 12.0 Å². The van der Waals surface area contributed by atoms with E-state index in [2.05, 4.69) is 10.3 Å². The van der Waals surface area contributed by atoms with E-state index in [4.69, 9.17) is 5.11 Å². The van der Waals surface area contributed by atoms with E-state index in [1.807, 2.05) is 13.8 Å². The van der Waals surface area contributed by atoms with E-state index >= 15 is 0 Å². The number of aromatic nitrogens is 2. The molecular weight excluding hydrogens is 266 g/mol. The summed E-state index contributed by atoms with van der Waals surface area (Å²) in [5.41, 5.74) is 0.767. The average molecular weight is 285 g/mol. The van der Waals surface area contributed by atoms with Gasteiger partial charge >= 0.3 is 5.97 Å². The topological polar surface area (TPSA) is 84.2 Å². The molecule has 1 heterocycles. The predicted molar refractivity (Wildman–Crippen MR) is 73.3 cm³/mol. The van der Waals surface area contributed by atoms with Gasteiger partial charge < -0.3 is 15.0 Å². The van der Waals surface area contributed by atoms with Crippen LogP contribution < -0.4 is 5.32 Å². The molecule has 7 heteroatoms. The van der Waals surface area contributed by atoms with Gasteiger partial charge in [0.05, 0.1) is 11.4 Å². The van der Waals surface area contributed by atoms with E-state index in [0.717, 1.165) is 23.9 Å². The van der Waals surface area contributed by atoms with Crippen LogP contribution in [-0.4, -0.2) is 38.8 Å². The normalized spacial score (nSPS) is 12.2. The lowest BCUT2D eigenvalue weighted by Gasteiger charge is -2.15. The summed E-state index contributed by atoms with van der Waals surface area (Å²) in [5.74, 6) is -1.06. The molecule has 0 fully saturated rings. The number of hydrogen-bond donors (Lipinski definition) is 2. The van der Waals surface area contributed by atoms with Crippen molar-refractivity contribution < 1.29 is 14.7 Å². The standard InChI is InChI=1S/C12H19N3O3S/c1-4-5-13-11(18)9(3)15-6-8(2)14-12(15)19-7-10(16)17/h6,9H,4-5,7H2,1-3H3,(H,13,18)(H,16,17). The molecule has 0 aliphatic heterocycles. The first-order valence-electron chi connectivity index (χ1n) is 6.13. The Hall–Kier alpha value is -1.50. The Bertz CT molecular complexity index is 459. The fraction of sp³-hybridized carbons (Fsp3) is 0.583. The smallest absolute Gasteiger partial charge is 0.313 e. The zero-order valence-electron chi connectivity index (χ0n) is 11.3. The number of hydrogen-bond acceptors (Lipinski definition) is 4. The lowest BCUT2D eigenvalue weighted by molar-refractivity contribution is -0.133. The van der Waals surface area contributed by atoms with Gasteiger partial charge in [0.15, 0.2) is 5.16 Å². The van der Waals surface area contributed by atoms with E-state index in [-0.39, 0.29) is 11.7 Å². The molecule has 0 saturated carbocycles. The van der Waals surface area contributed by atoms with Crippen molar-refractivity contribution in [2.45, 2.75) is 38.4 Å². The van der Waals surface area contributed by atoms with Crippen molar-refractivity contribution in [2.75, 3.05) is 12.3 Å². The van der Waals surface area contributed by atoms with Crippen molar-refractivity contribution in [1.82, 2.24) is 14.9 Å². The molecule has 1 rings (SSSR count). The van der Waals surface area contributed by atoms with Gasteiger partial charge in [0.25, 0.3) is 0 Å². The zero-order chi connectivity index (χ0) is 14.4. The Morgan fingerprint density at radius 2 is 2.26 bits per heavy atom. The second kappa shape index (κ2) is 7.18. The van der Waals surface area contributed by atoms with Gasteiger partial charge in [0.2, 0.25) is 5.91 Å². The molecule has 2 N–H and O–H groups in total. The Kier molecular flexibility index (Phi) is 5.88. The van der Waals surface area contributed by atoms with Crippen LogP contribution >= 0.6 is 11.8 Å². The van der Waals surface area contributed by atoms with Crippen LogP contribution in [0.5, 0.6) is 0 Å². The third kappa shape index (κ3) is 4.59. The van der Waals surface area contributed by atoms with Gasteiger partial charge in [0, 0.05) is 12.7 Å². The number of thioether (sulfide) groups is 1. The number of nitrogens with zero attached hydrogens (tertiary/aromatic N) is 2. The highest BCUT2D eigenvalue weighted by Gasteiger charge is 2.19. The molecule has 0 saturated heterocycles. The number of imidazole rings is 1. The molecule has 1 aromatic rings. The monoisotopic (exact) mass is 285 g/mol. The van der Waals surface area contributed by atoms with Crippen molar-refractivity contribution in [1.29, 1.82) is 0 Å². The number of aliphatic carboxylic acids is 1. The number of nitrogens with one attached hydrogen (secondary N) is 1. The van der Waals surface area contributed by atoms with E-state index in [0.29, 0.717) is 11.7 Å². The number of carbonyl (C=O) groups excluding carboxylic acids is 1. The van der Waals surface area contributed by atoms with Crippen LogP contribution in [0.3, 0.4) is 0 Å². The quantitative estimate of drug-likeness (QED) is 0.741. The number of carboxylic acid groups (broad SMARTS) is 1. The number of aryl methyl sites for hydroxylation is 1. The Labute approximate surface area is 116 Å². The third-order valence-corrected chi connectivity index (χ3v) is 3.44.